The summed E-state index contributed by atoms with van der Waals surface area (Å²) in [6.45, 7) is 0. The Balaban J connectivity index is 1.23. The number of fused-ring (bicyclic) bond motifs is 9. The molecule has 0 N–H and O–H groups in total. The SMILES string of the molecule is c1ccc(-c2ncc3c4ccccc4c4cnc(-c5cccc(-c6ccc7oc8ccccc8c7c6)c5)nc4c3n2)cc1. The molecule has 3 heterocycles. The molecule has 0 unspecified atom stereocenters. The highest BCUT2D eigenvalue weighted by Gasteiger charge is 2.15. The van der Waals surface area contributed by atoms with Crippen molar-refractivity contribution in [2.45, 2.75) is 0 Å². The summed E-state index contributed by atoms with van der Waals surface area (Å²) in [5.74, 6) is 1.33. The second-order valence-corrected chi connectivity index (χ2v) is 10.7. The molecule has 0 fully saturated rings. The third-order valence-electron chi connectivity index (χ3n) is 8.17. The quantitative estimate of drug-likeness (QED) is 0.205. The number of hydrogen-bond donors (Lipinski definition) is 0. The molecule has 3 aromatic heterocycles. The second-order valence-electron chi connectivity index (χ2n) is 10.7. The molecular weight excluding hydrogens is 528 g/mol. The Morgan fingerprint density at radius 2 is 0.930 bits per heavy atom. The van der Waals surface area contributed by atoms with Crippen LogP contribution in [0.3, 0.4) is 0 Å². The lowest BCUT2D eigenvalue weighted by Crippen LogP contribution is -1.96. The van der Waals surface area contributed by atoms with Crippen LogP contribution in [0.15, 0.2) is 138 Å². The van der Waals surface area contributed by atoms with E-state index < -0.39 is 0 Å². The molecule has 9 aromatic rings. The van der Waals surface area contributed by atoms with Gasteiger partial charge in [0.1, 0.15) is 22.2 Å². The Hall–Kier alpha value is -5.94. The fraction of sp³-hybridized carbons (Fsp3) is 0. The van der Waals surface area contributed by atoms with E-state index in [2.05, 4.69) is 54.6 Å². The maximum absolute atomic E-state index is 6.05. The van der Waals surface area contributed by atoms with E-state index in [1.807, 2.05) is 79.1 Å². The lowest BCUT2D eigenvalue weighted by molar-refractivity contribution is 0.669. The number of nitrogens with zero attached hydrogens (tertiary/aromatic N) is 4. The summed E-state index contributed by atoms with van der Waals surface area (Å²) in [4.78, 5) is 19.8. The normalized spacial score (nSPS) is 11.7. The summed E-state index contributed by atoms with van der Waals surface area (Å²) in [5.41, 5.74) is 7.52. The minimum Gasteiger partial charge on any atom is -0.456 e. The Kier molecular flexibility index (Phi) is 5.13. The summed E-state index contributed by atoms with van der Waals surface area (Å²) >= 11 is 0. The summed E-state index contributed by atoms with van der Waals surface area (Å²) in [6.07, 6.45) is 3.85. The van der Waals surface area contributed by atoms with Crippen LogP contribution in [-0.2, 0) is 0 Å². The lowest BCUT2D eigenvalue weighted by atomic mass is 10.00. The zero-order valence-corrected chi connectivity index (χ0v) is 22.9. The topological polar surface area (TPSA) is 64.7 Å². The Bertz CT molecular complexity index is 2520. The van der Waals surface area contributed by atoms with Gasteiger partial charge in [0.15, 0.2) is 11.6 Å². The number of furan rings is 1. The molecule has 0 amide bonds. The van der Waals surface area contributed by atoms with Crippen molar-refractivity contribution < 1.29 is 4.42 Å². The van der Waals surface area contributed by atoms with Crippen LogP contribution < -0.4 is 0 Å². The summed E-state index contributed by atoms with van der Waals surface area (Å²) in [7, 11) is 0. The maximum atomic E-state index is 6.05. The molecule has 0 bridgehead atoms. The number of rotatable bonds is 3. The van der Waals surface area contributed by atoms with Crippen molar-refractivity contribution in [2.24, 2.45) is 0 Å². The van der Waals surface area contributed by atoms with Gasteiger partial charge in [-0.15, -0.1) is 0 Å². The highest BCUT2D eigenvalue weighted by Crippen LogP contribution is 2.36. The van der Waals surface area contributed by atoms with Gasteiger partial charge in [-0.3, -0.25) is 0 Å². The lowest BCUT2D eigenvalue weighted by Gasteiger charge is -2.11. The molecular formula is C38H22N4O. The van der Waals surface area contributed by atoms with Crippen LogP contribution in [0, 0.1) is 0 Å². The highest BCUT2D eigenvalue weighted by atomic mass is 16.3. The minimum absolute atomic E-state index is 0.653. The molecule has 0 spiro atoms. The van der Waals surface area contributed by atoms with Crippen LogP contribution in [0.4, 0.5) is 0 Å². The van der Waals surface area contributed by atoms with Gasteiger partial charge in [0.2, 0.25) is 0 Å². The Labute approximate surface area is 246 Å². The monoisotopic (exact) mass is 550 g/mol. The van der Waals surface area contributed by atoms with Gasteiger partial charge in [-0.1, -0.05) is 97.1 Å². The van der Waals surface area contributed by atoms with Gasteiger partial charge in [-0.25, -0.2) is 19.9 Å². The van der Waals surface area contributed by atoms with E-state index in [-0.39, 0.29) is 0 Å². The number of hydrogen-bond acceptors (Lipinski definition) is 5. The first-order chi connectivity index (χ1) is 21.3. The smallest absolute Gasteiger partial charge is 0.159 e. The first kappa shape index (κ1) is 23.7. The summed E-state index contributed by atoms with van der Waals surface area (Å²) in [5, 5.41) is 6.34. The average molecular weight is 551 g/mol. The molecule has 43 heavy (non-hydrogen) atoms. The van der Waals surface area contributed by atoms with E-state index in [1.165, 1.54) is 0 Å². The molecule has 0 saturated carbocycles. The summed E-state index contributed by atoms with van der Waals surface area (Å²) < 4.78 is 6.05. The van der Waals surface area contributed by atoms with Crippen molar-refractivity contribution in [1.29, 1.82) is 0 Å². The van der Waals surface area contributed by atoms with Crippen LogP contribution in [0.2, 0.25) is 0 Å². The van der Waals surface area contributed by atoms with Crippen molar-refractivity contribution >= 4 is 54.5 Å². The van der Waals surface area contributed by atoms with Crippen LogP contribution >= 0.6 is 0 Å². The molecule has 9 rings (SSSR count). The van der Waals surface area contributed by atoms with E-state index in [0.29, 0.717) is 11.6 Å². The third kappa shape index (κ3) is 3.79. The molecule has 5 heteroatoms. The van der Waals surface area contributed by atoms with E-state index in [9.17, 15) is 0 Å². The maximum Gasteiger partial charge on any atom is 0.159 e. The molecule has 0 aliphatic heterocycles. The van der Waals surface area contributed by atoms with Crippen molar-refractivity contribution in [1.82, 2.24) is 19.9 Å². The van der Waals surface area contributed by atoms with E-state index in [4.69, 9.17) is 24.4 Å². The van der Waals surface area contributed by atoms with Crippen LogP contribution in [0.5, 0.6) is 0 Å². The number of aromatic nitrogens is 4. The van der Waals surface area contributed by atoms with Crippen LogP contribution in [0.1, 0.15) is 0 Å². The Morgan fingerprint density at radius 1 is 0.372 bits per heavy atom. The predicted molar refractivity (Wildman–Crippen MR) is 174 cm³/mol. The molecule has 0 aliphatic rings. The van der Waals surface area contributed by atoms with E-state index in [1.54, 1.807) is 0 Å². The summed E-state index contributed by atoms with van der Waals surface area (Å²) in [6, 6.07) is 41.3. The van der Waals surface area contributed by atoms with E-state index in [0.717, 1.165) is 76.8 Å². The molecule has 5 nitrogen and oxygen atoms in total. The van der Waals surface area contributed by atoms with Crippen molar-refractivity contribution in [3.63, 3.8) is 0 Å². The number of benzene rings is 6. The molecule has 0 radical (unpaired) electrons. The third-order valence-corrected chi connectivity index (χ3v) is 8.17. The second kappa shape index (κ2) is 9.29. The van der Waals surface area contributed by atoms with Gasteiger partial charge < -0.3 is 4.42 Å². The van der Waals surface area contributed by atoms with Gasteiger partial charge in [0, 0.05) is 45.1 Å². The van der Waals surface area contributed by atoms with Crippen molar-refractivity contribution in [3.05, 3.63) is 134 Å². The van der Waals surface area contributed by atoms with Gasteiger partial charge in [0.25, 0.3) is 0 Å². The Morgan fingerprint density at radius 3 is 1.67 bits per heavy atom. The fourth-order valence-corrected chi connectivity index (χ4v) is 6.08. The minimum atomic E-state index is 0.653. The van der Waals surface area contributed by atoms with E-state index >= 15 is 0 Å². The first-order valence-corrected chi connectivity index (χ1v) is 14.2. The van der Waals surface area contributed by atoms with Gasteiger partial charge in [-0.2, -0.15) is 0 Å². The van der Waals surface area contributed by atoms with Crippen molar-refractivity contribution in [2.75, 3.05) is 0 Å². The standard InChI is InChI=1S/C38H22N4O/c1-2-9-23(10-3-1)37-39-21-31-27-13-4-5-14-28(27)32-22-40-38(42-36(32)35(31)41-37)26-12-8-11-24(19-26)25-17-18-34-30(20-25)29-15-6-7-16-33(29)43-34/h1-22H. The number of para-hydroxylation sites is 1. The molecule has 0 atom stereocenters. The zero-order valence-electron chi connectivity index (χ0n) is 22.9. The van der Waals surface area contributed by atoms with Gasteiger partial charge in [0.05, 0.1) is 0 Å². The van der Waals surface area contributed by atoms with Gasteiger partial charge >= 0.3 is 0 Å². The van der Waals surface area contributed by atoms with Crippen LogP contribution in [0.25, 0.3) is 88.4 Å². The molecule has 6 aromatic carbocycles. The zero-order chi connectivity index (χ0) is 28.3. The van der Waals surface area contributed by atoms with Crippen molar-refractivity contribution in [3.8, 4) is 33.9 Å². The molecule has 200 valence electrons. The average Bonchev–Trinajstić information content (AvgIpc) is 3.46. The molecule has 0 saturated heterocycles. The largest absolute Gasteiger partial charge is 0.456 e. The highest BCUT2D eigenvalue weighted by molar-refractivity contribution is 6.23. The molecule has 0 aliphatic carbocycles. The fourth-order valence-electron chi connectivity index (χ4n) is 6.08. The first-order valence-electron chi connectivity index (χ1n) is 14.2. The van der Waals surface area contributed by atoms with Gasteiger partial charge in [-0.05, 0) is 46.2 Å². The van der Waals surface area contributed by atoms with Crippen LogP contribution in [-0.4, -0.2) is 19.9 Å². The predicted octanol–water partition coefficient (Wildman–Crippen LogP) is 9.63.